The summed E-state index contributed by atoms with van der Waals surface area (Å²) in [6.45, 7) is 5.85. The molecule has 1 amide bonds. The van der Waals surface area contributed by atoms with E-state index in [0.29, 0.717) is 10.0 Å². The Morgan fingerprint density at radius 2 is 1.95 bits per heavy atom. The van der Waals surface area contributed by atoms with Crippen LogP contribution in [-0.2, 0) is 4.79 Å². The van der Waals surface area contributed by atoms with Crippen molar-refractivity contribution in [1.82, 2.24) is 10.2 Å². The van der Waals surface area contributed by atoms with Gasteiger partial charge in [0.15, 0.2) is 0 Å². The fourth-order valence-electron chi connectivity index (χ4n) is 2.84. The Morgan fingerprint density at radius 1 is 1.33 bits per heavy atom. The Morgan fingerprint density at radius 3 is 2.52 bits per heavy atom. The first-order valence-corrected chi connectivity index (χ1v) is 8.04. The number of amides is 1. The Labute approximate surface area is 136 Å². The molecule has 0 bridgehead atoms. The first-order chi connectivity index (χ1) is 9.85. The number of hydrogen-bond acceptors (Lipinski definition) is 2. The summed E-state index contributed by atoms with van der Waals surface area (Å²) in [5.41, 5.74) is 0.641. The van der Waals surface area contributed by atoms with E-state index in [9.17, 15) is 4.79 Å². The van der Waals surface area contributed by atoms with Gasteiger partial charge in [-0.05, 0) is 50.6 Å². The van der Waals surface area contributed by atoms with Crippen molar-refractivity contribution in [2.45, 2.75) is 32.7 Å². The Hall–Kier alpha value is -0.770. The number of rotatable bonds is 3. The second-order valence-electron chi connectivity index (χ2n) is 6.07. The molecule has 1 heterocycles. The minimum Gasteiger partial charge on any atom is -0.338 e. The third-order valence-corrected chi connectivity index (χ3v) is 5.10. The zero-order valence-electron chi connectivity index (χ0n) is 12.7. The lowest BCUT2D eigenvalue weighted by molar-refractivity contribution is -0.143. The maximum absolute atomic E-state index is 12.8. The van der Waals surface area contributed by atoms with Gasteiger partial charge in [0.05, 0.1) is 6.04 Å². The Bertz CT molecular complexity index is 527. The molecular weight excluding hydrogens is 307 g/mol. The van der Waals surface area contributed by atoms with Crippen LogP contribution in [0, 0.1) is 5.41 Å². The van der Waals surface area contributed by atoms with Crippen molar-refractivity contribution < 1.29 is 4.79 Å². The van der Waals surface area contributed by atoms with Crippen molar-refractivity contribution in [3.8, 4) is 0 Å². The van der Waals surface area contributed by atoms with Gasteiger partial charge in [0.25, 0.3) is 0 Å². The van der Waals surface area contributed by atoms with E-state index >= 15 is 0 Å². The lowest BCUT2D eigenvalue weighted by atomic mass is 9.79. The predicted octanol–water partition coefficient (Wildman–Crippen LogP) is 3.90. The van der Waals surface area contributed by atoms with E-state index in [2.05, 4.69) is 12.2 Å². The molecule has 21 heavy (non-hydrogen) atoms. The van der Waals surface area contributed by atoms with E-state index in [-0.39, 0.29) is 17.4 Å². The maximum Gasteiger partial charge on any atom is 0.228 e. The van der Waals surface area contributed by atoms with Gasteiger partial charge in [-0.2, -0.15) is 0 Å². The average molecular weight is 329 g/mol. The number of benzene rings is 1. The summed E-state index contributed by atoms with van der Waals surface area (Å²) in [6, 6.07) is 5.35. The molecule has 0 spiro atoms. The van der Waals surface area contributed by atoms with Gasteiger partial charge >= 0.3 is 0 Å². The van der Waals surface area contributed by atoms with Gasteiger partial charge in [-0.3, -0.25) is 4.79 Å². The van der Waals surface area contributed by atoms with Crippen molar-refractivity contribution in [2.75, 3.05) is 20.1 Å². The summed E-state index contributed by atoms with van der Waals surface area (Å²) >= 11 is 12.2. The predicted molar refractivity (Wildman–Crippen MR) is 87.9 cm³/mol. The Kier molecular flexibility index (Phi) is 5.18. The van der Waals surface area contributed by atoms with Gasteiger partial charge < -0.3 is 10.2 Å². The van der Waals surface area contributed by atoms with E-state index in [4.69, 9.17) is 23.2 Å². The van der Waals surface area contributed by atoms with Gasteiger partial charge in [-0.1, -0.05) is 36.2 Å². The van der Waals surface area contributed by atoms with Crippen LogP contribution in [0.25, 0.3) is 0 Å². The highest BCUT2D eigenvalue weighted by Gasteiger charge is 2.38. The number of carbonyl (C=O) groups is 1. The monoisotopic (exact) mass is 328 g/mol. The molecule has 5 heteroatoms. The van der Waals surface area contributed by atoms with Gasteiger partial charge in [-0.25, -0.2) is 0 Å². The molecule has 0 radical (unpaired) electrons. The summed E-state index contributed by atoms with van der Waals surface area (Å²) in [5.74, 6) is 0.183. The smallest absolute Gasteiger partial charge is 0.228 e. The molecule has 1 N–H and O–H groups in total. The van der Waals surface area contributed by atoms with Crippen LogP contribution in [0.15, 0.2) is 18.2 Å². The van der Waals surface area contributed by atoms with Crippen molar-refractivity contribution in [2.24, 2.45) is 5.41 Å². The quantitative estimate of drug-likeness (QED) is 0.912. The third-order valence-electron chi connectivity index (χ3n) is 4.54. The first kappa shape index (κ1) is 16.6. The molecule has 0 aliphatic carbocycles. The summed E-state index contributed by atoms with van der Waals surface area (Å²) in [4.78, 5) is 14.6. The van der Waals surface area contributed by atoms with Crippen LogP contribution in [0.3, 0.4) is 0 Å². The molecule has 116 valence electrons. The molecule has 1 fully saturated rings. The van der Waals surface area contributed by atoms with Gasteiger partial charge in [0.2, 0.25) is 5.91 Å². The van der Waals surface area contributed by atoms with Gasteiger partial charge in [0, 0.05) is 22.5 Å². The van der Waals surface area contributed by atoms with Crippen molar-refractivity contribution in [3.05, 3.63) is 33.8 Å². The van der Waals surface area contributed by atoms with Crippen LogP contribution >= 0.6 is 23.2 Å². The molecule has 0 saturated carbocycles. The highest BCUT2D eigenvalue weighted by atomic mass is 35.5. The zero-order chi connectivity index (χ0) is 15.6. The lowest BCUT2D eigenvalue weighted by Gasteiger charge is -2.38. The zero-order valence-corrected chi connectivity index (χ0v) is 14.3. The SMILES string of the molecule is CC(c1ccc(Cl)cc1Cl)N(C)C(=O)C1(C)CCNCC1. The van der Waals surface area contributed by atoms with E-state index in [1.165, 1.54) is 0 Å². The minimum atomic E-state index is -0.285. The third kappa shape index (κ3) is 3.53. The Balaban J connectivity index is 2.18. The van der Waals surface area contributed by atoms with E-state index < -0.39 is 0 Å². The highest BCUT2D eigenvalue weighted by Crippen LogP contribution is 2.35. The summed E-state index contributed by atoms with van der Waals surface area (Å²) in [5, 5.41) is 4.51. The fourth-order valence-corrected chi connectivity index (χ4v) is 3.41. The van der Waals surface area contributed by atoms with Crippen LogP contribution in [0.2, 0.25) is 10.0 Å². The van der Waals surface area contributed by atoms with Crippen LogP contribution < -0.4 is 5.32 Å². The molecular formula is C16H22Cl2N2O. The molecule has 2 rings (SSSR count). The molecule has 1 atom stereocenters. The number of nitrogens with zero attached hydrogens (tertiary/aromatic N) is 1. The number of hydrogen-bond donors (Lipinski definition) is 1. The molecule has 0 aromatic heterocycles. The minimum absolute atomic E-state index is 0.0750. The van der Waals surface area contributed by atoms with Crippen molar-refractivity contribution in [1.29, 1.82) is 0 Å². The fraction of sp³-hybridized carbons (Fsp3) is 0.562. The van der Waals surface area contributed by atoms with Crippen molar-refractivity contribution >= 4 is 29.1 Å². The molecule has 1 aliphatic heterocycles. The standard InChI is InChI=1S/C16H22Cl2N2O/c1-11(13-5-4-12(17)10-14(13)18)20(3)15(21)16(2)6-8-19-9-7-16/h4-5,10-11,19H,6-9H2,1-3H3. The number of carbonyl (C=O) groups excluding carboxylic acids is 1. The summed E-state index contributed by atoms with van der Waals surface area (Å²) < 4.78 is 0. The molecule has 1 saturated heterocycles. The highest BCUT2D eigenvalue weighted by molar-refractivity contribution is 6.35. The maximum atomic E-state index is 12.8. The molecule has 1 aromatic rings. The number of halogens is 2. The summed E-state index contributed by atoms with van der Waals surface area (Å²) in [6.07, 6.45) is 1.74. The van der Waals surface area contributed by atoms with Crippen LogP contribution in [0.5, 0.6) is 0 Å². The number of piperidine rings is 1. The molecule has 3 nitrogen and oxygen atoms in total. The van der Waals surface area contributed by atoms with Crippen LogP contribution in [-0.4, -0.2) is 30.9 Å². The second-order valence-corrected chi connectivity index (χ2v) is 6.91. The topological polar surface area (TPSA) is 32.3 Å². The average Bonchev–Trinajstić information content (AvgIpc) is 2.46. The molecule has 1 aliphatic rings. The van der Waals surface area contributed by atoms with Crippen LogP contribution in [0.4, 0.5) is 0 Å². The van der Waals surface area contributed by atoms with Crippen molar-refractivity contribution in [3.63, 3.8) is 0 Å². The largest absolute Gasteiger partial charge is 0.338 e. The van der Waals surface area contributed by atoms with Gasteiger partial charge in [0.1, 0.15) is 0 Å². The summed E-state index contributed by atoms with van der Waals surface area (Å²) in [7, 11) is 1.85. The van der Waals surface area contributed by atoms with Gasteiger partial charge in [-0.15, -0.1) is 0 Å². The first-order valence-electron chi connectivity index (χ1n) is 7.28. The lowest BCUT2D eigenvalue weighted by Crippen LogP contribution is -2.47. The van der Waals surface area contributed by atoms with E-state index in [1.807, 2.05) is 26.1 Å². The number of nitrogens with one attached hydrogen (secondary N) is 1. The second kappa shape index (κ2) is 6.55. The van der Waals surface area contributed by atoms with E-state index in [0.717, 1.165) is 31.5 Å². The van der Waals surface area contributed by atoms with Crippen LogP contribution in [0.1, 0.15) is 38.3 Å². The molecule has 1 unspecified atom stereocenters. The normalized spacial score (nSPS) is 19.1. The molecule has 1 aromatic carbocycles. The van der Waals surface area contributed by atoms with E-state index in [1.54, 1.807) is 11.0 Å².